The number of para-hydroxylation sites is 1. The zero-order valence-corrected chi connectivity index (χ0v) is 17.8. The number of carbonyl (C=O) groups is 2. The maximum Gasteiger partial charge on any atom is 0.293 e. The zero-order valence-electron chi connectivity index (χ0n) is 14.6. The van der Waals surface area contributed by atoms with Crippen LogP contribution in [0.15, 0.2) is 50.9 Å². The molecule has 1 aromatic carbocycles. The number of nitriles is 1. The van der Waals surface area contributed by atoms with Crippen LogP contribution in [0, 0.1) is 11.3 Å². The Morgan fingerprint density at radius 1 is 1.24 bits per heavy atom. The van der Waals surface area contributed by atoms with Gasteiger partial charge in [-0.1, -0.05) is 12.1 Å². The Hall–Kier alpha value is -2.87. The molecule has 10 heteroatoms. The van der Waals surface area contributed by atoms with E-state index in [1.165, 1.54) is 28.7 Å². The number of amides is 1. The lowest BCUT2D eigenvalue weighted by molar-refractivity contribution is -0.118. The minimum absolute atomic E-state index is 0.0210. The van der Waals surface area contributed by atoms with Crippen LogP contribution in [0.5, 0.6) is 0 Å². The Bertz CT molecular complexity index is 1220. The van der Waals surface area contributed by atoms with E-state index in [4.69, 9.17) is 4.42 Å². The number of benzene rings is 1. The van der Waals surface area contributed by atoms with Gasteiger partial charge in [0.1, 0.15) is 5.01 Å². The molecule has 0 aliphatic heterocycles. The van der Waals surface area contributed by atoms with Crippen LogP contribution in [0.2, 0.25) is 0 Å². The highest BCUT2D eigenvalue weighted by Gasteiger charge is 2.25. The van der Waals surface area contributed by atoms with Crippen LogP contribution in [-0.2, 0) is 11.2 Å². The normalized spacial score (nSPS) is 11.9. The molecule has 0 aliphatic carbocycles. The molecule has 3 aromatic heterocycles. The van der Waals surface area contributed by atoms with Crippen molar-refractivity contribution in [3.8, 4) is 6.07 Å². The van der Waals surface area contributed by atoms with Gasteiger partial charge < -0.3 is 4.42 Å². The van der Waals surface area contributed by atoms with Gasteiger partial charge in [-0.3, -0.25) is 14.9 Å². The number of ketones is 1. The molecule has 144 valence electrons. The second-order valence-corrected chi connectivity index (χ2v) is 8.63. The van der Waals surface area contributed by atoms with Crippen molar-refractivity contribution in [2.45, 2.75) is 12.3 Å². The maximum absolute atomic E-state index is 12.7. The highest BCUT2D eigenvalue weighted by molar-refractivity contribution is 9.10. The molecule has 0 spiro atoms. The number of halogens is 1. The quantitative estimate of drug-likeness (QED) is 0.419. The third-order valence-corrected chi connectivity index (χ3v) is 6.27. The third-order valence-electron chi connectivity index (χ3n) is 3.93. The highest BCUT2D eigenvalue weighted by atomic mass is 79.9. The van der Waals surface area contributed by atoms with Gasteiger partial charge >= 0.3 is 0 Å². The van der Waals surface area contributed by atoms with Crippen LogP contribution in [0.1, 0.15) is 27.2 Å². The molecule has 0 fully saturated rings. The summed E-state index contributed by atoms with van der Waals surface area (Å²) in [6.07, 6.45) is -0.0210. The van der Waals surface area contributed by atoms with Gasteiger partial charge in [-0.25, -0.2) is 9.97 Å². The molecule has 0 saturated heterocycles. The molecule has 1 N–H and O–H groups in total. The van der Waals surface area contributed by atoms with Gasteiger partial charge in [-0.2, -0.15) is 5.26 Å². The lowest BCUT2D eigenvalue weighted by atomic mass is 10.0. The van der Waals surface area contributed by atoms with Gasteiger partial charge in [-0.15, -0.1) is 22.7 Å². The van der Waals surface area contributed by atoms with Gasteiger partial charge in [0.05, 0.1) is 28.4 Å². The fourth-order valence-corrected chi connectivity index (χ4v) is 4.65. The molecule has 7 nitrogen and oxygen atoms in total. The van der Waals surface area contributed by atoms with Crippen molar-refractivity contribution in [1.29, 1.82) is 5.26 Å². The van der Waals surface area contributed by atoms with E-state index < -0.39 is 11.8 Å². The molecule has 0 saturated carbocycles. The monoisotopic (exact) mass is 486 g/mol. The molecule has 1 amide bonds. The van der Waals surface area contributed by atoms with Gasteiger partial charge in [0, 0.05) is 5.38 Å². The summed E-state index contributed by atoms with van der Waals surface area (Å²) in [6, 6.07) is 12.7. The molecule has 4 rings (SSSR count). The lowest BCUT2D eigenvalue weighted by Gasteiger charge is -2.03. The van der Waals surface area contributed by atoms with Crippen LogP contribution in [0.4, 0.5) is 5.13 Å². The number of aromatic nitrogens is 2. The van der Waals surface area contributed by atoms with Crippen molar-refractivity contribution >= 4 is 65.6 Å². The first-order valence-electron chi connectivity index (χ1n) is 8.32. The van der Waals surface area contributed by atoms with E-state index in [1.807, 2.05) is 30.3 Å². The van der Waals surface area contributed by atoms with Gasteiger partial charge in [0.25, 0.3) is 5.91 Å². The summed E-state index contributed by atoms with van der Waals surface area (Å²) in [4.78, 5) is 33.5. The maximum atomic E-state index is 12.7. The van der Waals surface area contributed by atoms with Crippen LogP contribution in [0.25, 0.3) is 10.2 Å². The predicted octanol–water partition coefficient (Wildman–Crippen LogP) is 4.78. The summed E-state index contributed by atoms with van der Waals surface area (Å²) in [6.45, 7) is 0. The summed E-state index contributed by atoms with van der Waals surface area (Å²) in [5.41, 5.74) is 1.25. The number of hydrogen-bond donors (Lipinski definition) is 1. The Morgan fingerprint density at radius 3 is 2.79 bits per heavy atom. The summed E-state index contributed by atoms with van der Waals surface area (Å²) in [5.74, 6) is -1.53. The van der Waals surface area contributed by atoms with Crippen molar-refractivity contribution < 1.29 is 14.0 Å². The molecular formula is C19H11BrN4O3S2. The first-order chi connectivity index (χ1) is 14.0. The van der Waals surface area contributed by atoms with E-state index in [0.29, 0.717) is 20.5 Å². The Morgan fingerprint density at radius 2 is 2.07 bits per heavy atom. The average molecular weight is 487 g/mol. The SMILES string of the molecule is N#CC(C(=O)Cc1csc(NC(=O)c2ccc(Br)o2)n1)c1nc2ccccc2s1. The number of hydrogen-bond acceptors (Lipinski definition) is 8. The number of rotatable bonds is 6. The van der Waals surface area contributed by atoms with Gasteiger partial charge in [0.15, 0.2) is 27.3 Å². The van der Waals surface area contributed by atoms with E-state index in [0.717, 1.165) is 10.2 Å². The molecule has 0 bridgehead atoms. The topological polar surface area (TPSA) is 109 Å². The molecule has 4 aromatic rings. The minimum atomic E-state index is -0.951. The molecule has 1 atom stereocenters. The predicted molar refractivity (Wildman–Crippen MR) is 113 cm³/mol. The van der Waals surface area contributed by atoms with E-state index in [9.17, 15) is 14.9 Å². The number of nitrogens with zero attached hydrogens (tertiary/aromatic N) is 3. The van der Waals surface area contributed by atoms with Crippen molar-refractivity contribution in [2.75, 3.05) is 5.32 Å². The Balaban J connectivity index is 1.45. The Labute approximate surface area is 181 Å². The van der Waals surface area contributed by atoms with Crippen LogP contribution in [0.3, 0.4) is 0 Å². The first kappa shape index (κ1) is 19.4. The molecule has 1 unspecified atom stereocenters. The molecule has 29 heavy (non-hydrogen) atoms. The second kappa shape index (κ2) is 8.24. The summed E-state index contributed by atoms with van der Waals surface area (Å²) in [7, 11) is 0. The van der Waals surface area contributed by atoms with E-state index >= 15 is 0 Å². The highest BCUT2D eigenvalue weighted by Crippen LogP contribution is 2.29. The fraction of sp³-hybridized carbons (Fsp3) is 0.105. The molecule has 0 aliphatic rings. The van der Waals surface area contributed by atoms with E-state index in [2.05, 4.69) is 31.2 Å². The summed E-state index contributed by atoms with van der Waals surface area (Å²) in [5, 5.41) is 14.6. The standard InChI is InChI=1S/C19H11BrN4O3S2/c20-16-6-5-14(27-16)17(26)24-19-22-10(9-28-19)7-13(25)11(8-21)18-23-12-3-1-2-4-15(12)29-18/h1-6,9,11H,7H2,(H,22,24,26). The summed E-state index contributed by atoms with van der Waals surface area (Å²) >= 11 is 5.67. The van der Waals surface area contributed by atoms with Crippen molar-refractivity contribution in [3.05, 3.63) is 62.9 Å². The number of Topliss-reactive ketones (excluding diaryl/α,β-unsaturated/α-hetero) is 1. The third kappa shape index (κ3) is 4.27. The first-order valence-corrected chi connectivity index (χ1v) is 10.8. The van der Waals surface area contributed by atoms with Gasteiger partial charge in [0.2, 0.25) is 0 Å². The number of fused-ring (bicyclic) bond motifs is 1. The van der Waals surface area contributed by atoms with Crippen LogP contribution < -0.4 is 5.32 Å². The van der Waals surface area contributed by atoms with Crippen molar-refractivity contribution in [3.63, 3.8) is 0 Å². The van der Waals surface area contributed by atoms with Gasteiger partial charge in [-0.05, 0) is 40.2 Å². The van der Waals surface area contributed by atoms with Crippen LogP contribution >= 0.6 is 38.6 Å². The Kier molecular flexibility index (Phi) is 5.53. The largest absolute Gasteiger partial charge is 0.444 e. The zero-order chi connectivity index (χ0) is 20.4. The number of furan rings is 1. The molecular weight excluding hydrogens is 476 g/mol. The van der Waals surface area contributed by atoms with Crippen LogP contribution in [-0.4, -0.2) is 21.7 Å². The van der Waals surface area contributed by atoms with E-state index in [-0.39, 0.29) is 18.0 Å². The molecule has 3 heterocycles. The number of nitrogens with one attached hydrogen (secondary N) is 1. The van der Waals surface area contributed by atoms with E-state index in [1.54, 1.807) is 11.4 Å². The fourth-order valence-electron chi connectivity index (χ4n) is 2.60. The number of anilines is 1. The van der Waals surface area contributed by atoms with Crippen molar-refractivity contribution in [2.24, 2.45) is 0 Å². The smallest absolute Gasteiger partial charge is 0.293 e. The number of thiazole rings is 2. The molecule has 0 radical (unpaired) electrons. The average Bonchev–Trinajstić information content (AvgIpc) is 3.42. The lowest BCUT2D eigenvalue weighted by Crippen LogP contribution is -2.14. The van der Waals surface area contributed by atoms with Crippen molar-refractivity contribution in [1.82, 2.24) is 9.97 Å². The number of carbonyl (C=O) groups excluding carboxylic acids is 2. The second-order valence-electron chi connectivity index (χ2n) is 5.93. The summed E-state index contributed by atoms with van der Waals surface area (Å²) < 4.78 is 6.57. The minimum Gasteiger partial charge on any atom is -0.444 e.